The van der Waals surface area contributed by atoms with E-state index in [9.17, 15) is 0 Å². The Balaban J connectivity index is 1.79. The van der Waals surface area contributed by atoms with Crippen LogP contribution in [0.5, 0.6) is 0 Å². The summed E-state index contributed by atoms with van der Waals surface area (Å²) in [7, 11) is 0. The molecular formula is C15H14Cl2N2. The van der Waals surface area contributed by atoms with Gasteiger partial charge in [-0.1, -0.05) is 53.5 Å². The third-order valence-corrected chi connectivity index (χ3v) is 3.96. The zero-order chi connectivity index (χ0) is 13.2. The second-order valence-electron chi connectivity index (χ2n) is 4.80. The SMILES string of the molecule is Clc1cc(Cl)c2c(n1)CN(Cc1ccccc1)CC2. The Kier molecular flexibility index (Phi) is 3.74. The van der Waals surface area contributed by atoms with Gasteiger partial charge in [0.1, 0.15) is 5.15 Å². The summed E-state index contributed by atoms with van der Waals surface area (Å²) in [5, 5.41) is 1.22. The van der Waals surface area contributed by atoms with Crippen molar-refractivity contribution in [1.29, 1.82) is 0 Å². The Labute approximate surface area is 123 Å². The molecule has 0 unspecified atom stereocenters. The number of fused-ring (bicyclic) bond motifs is 1. The van der Waals surface area contributed by atoms with Gasteiger partial charge < -0.3 is 0 Å². The van der Waals surface area contributed by atoms with Gasteiger partial charge in [0.15, 0.2) is 0 Å². The summed E-state index contributed by atoms with van der Waals surface area (Å²) in [6.45, 7) is 2.75. The van der Waals surface area contributed by atoms with E-state index in [1.807, 2.05) is 6.07 Å². The van der Waals surface area contributed by atoms with Gasteiger partial charge in [-0.2, -0.15) is 0 Å². The largest absolute Gasteiger partial charge is 0.293 e. The Morgan fingerprint density at radius 3 is 2.74 bits per heavy atom. The molecule has 0 spiro atoms. The van der Waals surface area contributed by atoms with Gasteiger partial charge in [-0.25, -0.2) is 4.98 Å². The van der Waals surface area contributed by atoms with Gasteiger partial charge in [0.05, 0.1) is 5.69 Å². The van der Waals surface area contributed by atoms with Crippen molar-refractivity contribution in [3.8, 4) is 0 Å². The minimum Gasteiger partial charge on any atom is -0.293 e. The van der Waals surface area contributed by atoms with Crippen molar-refractivity contribution in [1.82, 2.24) is 9.88 Å². The number of aromatic nitrogens is 1. The average molecular weight is 293 g/mol. The highest BCUT2D eigenvalue weighted by Gasteiger charge is 2.20. The van der Waals surface area contributed by atoms with E-state index in [4.69, 9.17) is 23.2 Å². The number of rotatable bonds is 2. The maximum Gasteiger partial charge on any atom is 0.130 e. The van der Waals surface area contributed by atoms with Crippen LogP contribution in [0.15, 0.2) is 36.4 Å². The molecule has 4 heteroatoms. The van der Waals surface area contributed by atoms with Crippen LogP contribution in [0.3, 0.4) is 0 Å². The molecule has 1 aliphatic rings. The monoisotopic (exact) mass is 292 g/mol. The normalized spacial score (nSPS) is 15.3. The van der Waals surface area contributed by atoms with Crippen LogP contribution in [0.2, 0.25) is 10.2 Å². The molecule has 0 radical (unpaired) electrons. The molecule has 98 valence electrons. The van der Waals surface area contributed by atoms with E-state index in [0.717, 1.165) is 42.3 Å². The fraction of sp³-hybridized carbons (Fsp3) is 0.267. The van der Waals surface area contributed by atoms with Crippen molar-refractivity contribution in [3.63, 3.8) is 0 Å². The highest BCUT2D eigenvalue weighted by Crippen LogP contribution is 2.27. The average Bonchev–Trinajstić information content (AvgIpc) is 2.39. The molecule has 1 aliphatic heterocycles. The van der Waals surface area contributed by atoms with Crippen LogP contribution in [0.1, 0.15) is 16.8 Å². The van der Waals surface area contributed by atoms with Gasteiger partial charge in [0.25, 0.3) is 0 Å². The van der Waals surface area contributed by atoms with Crippen LogP contribution in [0.25, 0.3) is 0 Å². The van der Waals surface area contributed by atoms with Crippen LogP contribution in [-0.2, 0) is 19.5 Å². The highest BCUT2D eigenvalue weighted by molar-refractivity contribution is 6.34. The third kappa shape index (κ3) is 2.92. The molecule has 0 N–H and O–H groups in total. The van der Waals surface area contributed by atoms with Crippen molar-refractivity contribution in [2.24, 2.45) is 0 Å². The van der Waals surface area contributed by atoms with E-state index in [2.05, 4.69) is 34.1 Å². The Hall–Kier alpha value is -1.09. The number of pyridine rings is 1. The zero-order valence-corrected chi connectivity index (χ0v) is 12.0. The van der Waals surface area contributed by atoms with Crippen LogP contribution >= 0.6 is 23.2 Å². The van der Waals surface area contributed by atoms with Crippen molar-refractivity contribution in [3.05, 3.63) is 63.4 Å². The molecule has 3 rings (SSSR count). The number of halogens is 2. The summed E-state index contributed by atoms with van der Waals surface area (Å²) in [6.07, 6.45) is 0.936. The molecule has 2 aromatic rings. The van der Waals surface area contributed by atoms with Crippen LogP contribution < -0.4 is 0 Å². The molecule has 2 heterocycles. The standard InChI is InChI=1S/C15H14Cl2N2/c16-13-8-15(17)18-14-10-19(7-6-12(13)14)9-11-4-2-1-3-5-11/h1-5,8H,6-7,9-10H2. The topological polar surface area (TPSA) is 16.1 Å². The quantitative estimate of drug-likeness (QED) is 0.779. The van der Waals surface area contributed by atoms with Gasteiger partial charge in [-0.15, -0.1) is 0 Å². The lowest BCUT2D eigenvalue weighted by atomic mass is 10.0. The molecule has 0 fully saturated rings. The number of benzene rings is 1. The van der Waals surface area contributed by atoms with Crippen molar-refractivity contribution in [2.45, 2.75) is 19.5 Å². The van der Waals surface area contributed by atoms with Crippen LogP contribution in [-0.4, -0.2) is 16.4 Å². The number of hydrogen-bond acceptors (Lipinski definition) is 2. The molecule has 19 heavy (non-hydrogen) atoms. The van der Waals surface area contributed by atoms with Crippen molar-refractivity contribution in [2.75, 3.05) is 6.54 Å². The van der Waals surface area contributed by atoms with E-state index in [1.165, 1.54) is 5.56 Å². The molecule has 0 aliphatic carbocycles. The minimum atomic E-state index is 0.477. The fourth-order valence-electron chi connectivity index (χ4n) is 2.49. The zero-order valence-electron chi connectivity index (χ0n) is 10.4. The summed E-state index contributed by atoms with van der Waals surface area (Å²) < 4.78 is 0. The van der Waals surface area contributed by atoms with Gasteiger partial charge in [0.2, 0.25) is 0 Å². The molecule has 1 aromatic heterocycles. The molecule has 0 amide bonds. The van der Waals surface area contributed by atoms with Crippen LogP contribution in [0.4, 0.5) is 0 Å². The predicted molar refractivity (Wildman–Crippen MR) is 78.5 cm³/mol. The summed E-state index contributed by atoms with van der Waals surface area (Å²) in [6, 6.07) is 12.2. The number of hydrogen-bond donors (Lipinski definition) is 0. The lowest BCUT2D eigenvalue weighted by Gasteiger charge is -2.28. The fourth-order valence-corrected chi connectivity index (χ4v) is 3.06. The second kappa shape index (κ2) is 5.49. The van der Waals surface area contributed by atoms with Crippen LogP contribution in [0, 0.1) is 0 Å². The molecule has 0 atom stereocenters. The van der Waals surface area contributed by atoms with Crippen molar-refractivity contribution < 1.29 is 0 Å². The van der Waals surface area contributed by atoms with E-state index >= 15 is 0 Å². The Morgan fingerprint density at radius 2 is 1.95 bits per heavy atom. The maximum absolute atomic E-state index is 6.21. The molecule has 0 saturated carbocycles. The Bertz CT molecular complexity index is 584. The molecule has 1 aromatic carbocycles. The van der Waals surface area contributed by atoms with Gasteiger partial charge in [-0.05, 0) is 23.6 Å². The third-order valence-electron chi connectivity index (χ3n) is 3.42. The first-order chi connectivity index (χ1) is 9.22. The molecular weight excluding hydrogens is 279 g/mol. The summed E-state index contributed by atoms with van der Waals surface area (Å²) in [5.41, 5.74) is 3.48. The van der Waals surface area contributed by atoms with Gasteiger partial charge >= 0.3 is 0 Å². The number of nitrogens with zero attached hydrogens (tertiary/aromatic N) is 2. The first-order valence-electron chi connectivity index (χ1n) is 6.32. The van der Waals surface area contributed by atoms with E-state index in [-0.39, 0.29) is 0 Å². The lowest BCUT2D eigenvalue weighted by Crippen LogP contribution is -2.31. The molecule has 0 saturated heterocycles. The second-order valence-corrected chi connectivity index (χ2v) is 5.59. The predicted octanol–water partition coefficient (Wildman–Crippen LogP) is 3.95. The molecule has 2 nitrogen and oxygen atoms in total. The van der Waals surface area contributed by atoms with E-state index in [1.54, 1.807) is 6.07 Å². The first kappa shape index (κ1) is 12.9. The summed E-state index contributed by atoms with van der Waals surface area (Å²) in [4.78, 5) is 6.78. The van der Waals surface area contributed by atoms with Gasteiger partial charge in [-0.3, -0.25) is 4.90 Å². The summed E-state index contributed by atoms with van der Waals surface area (Å²) in [5.74, 6) is 0. The van der Waals surface area contributed by atoms with E-state index in [0.29, 0.717) is 5.15 Å². The van der Waals surface area contributed by atoms with E-state index < -0.39 is 0 Å². The maximum atomic E-state index is 6.21. The minimum absolute atomic E-state index is 0.477. The summed E-state index contributed by atoms with van der Waals surface area (Å²) >= 11 is 12.2. The molecule has 0 bridgehead atoms. The van der Waals surface area contributed by atoms with Crippen molar-refractivity contribution >= 4 is 23.2 Å². The lowest BCUT2D eigenvalue weighted by molar-refractivity contribution is 0.241. The first-order valence-corrected chi connectivity index (χ1v) is 7.08. The highest BCUT2D eigenvalue weighted by atomic mass is 35.5. The Morgan fingerprint density at radius 1 is 1.16 bits per heavy atom. The smallest absolute Gasteiger partial charge is 0.130 e. The van der Waals surface area contributed by atoms with Gasteiger partial charge in [0, 0.05) is 24.7 Å².